The lowest BCUT2D eigenvalue weighted by molar-refractivity contribution is -0.00322. The molecule has 3 heteroatoms. The van der Waals surface area contributed by atoms with Crippen LogP contribution >= 0.6 is 0 Å². The van der Waals surface area contributed by atoms with Gasteiger partial charge in [-0.3, -0.25) is 0 Å². The van der Waals surface area contributed by atoms with E-state index >= 15 is 0 Å². The van der Waals surface area contributed by atoms with Crippen molar-refractivity contribution >= 4 is 0 Å². The maximum Gasteiger partial charge on any atom is 0.123 e. The minimum absolute atomic E-state index is 0.136. The van der Waals surface area contributed by atoms with Crippen molar-refractivity contribution in [1.29, 1.82) is 0 Å². The molecule has 2 nitrogen and oxygen atoms in total. The Morgan fingerprint density at radius 3 is 2.50 bits per heavy atom. The Bertz CT molecular complexity index is 361. The van der Waals surface area contributed by atoms with Crippen LogP contribution in [0.2, 0.25) is 0 Å². The number of ether oxygens (including phenoxy) is 1. The third-order valence-corrected chi connectivity index (χ3v) is 3.17. The van der Waals surface area contributed by atoms with E-state index in [1.807, 2.05) is 13.8 Å². The number of aliphatic hydroxyl groups is 1. The standard InChI is InChI=1S/C13H17FO2/c1-8-6-10(14)7-9(2)12(8)13(15)11-4-3-5-16-11/h6-7,11,13,15H,3-5H2,1-2H3. The van der Waals surface area contributed by atoms with Crippen molar-refractivity contribution in [3.8, 4) is 0 Å². The van der Waals surface area contributed by atoms with Crippen LogP contribution in [0, 0.1) is 19.7 Å². The highest BCUT2D eigenvalue weighted by Gasteiger charge is 2.27. The van der Waals surface area contributed by atoms with Crippen LogP contribution in [-0.4, -0.2) is 17.8 Å². The second-order valence-electron chi connectivity index (χ2n) is 4.45. The zero-order valence-electron chi connectivity index (χ0n) is 9.66. The smallest absolute Gasteiger partial charge is 0.123 e. The summed E-state index contributed by atoms with van der Waals surface area (Å²) in [4.78, 5) is 0. The fourth-order valence-electron chi connectivity index (χ4n) is 2.43. The largest absolute Gasteiger partial charge is 0.386 e. The number of halogens is 1. The maximum absolute atomic E-state index is 13.1. The van der Waals surface area contributed by atoms with Gasteiger partial charge in [-0.2, -0.15) is 0 Å². The molecule has 1 aliphatic rings. The highest BCUT2D eigenvalue weighted by Crippen LogP contribution is 2.31. The summed E-state index contributed by atoms with van der Waals surface area (Å²) in [5.41, 5.74) is 2.40. The van der Waals surface area contributed by atoms with Crippen LogP contribution in [0.1, 0.15) is 35.6 Å². The number of hydrogen-bond donors (Lipinski definition) is 1. The molecule has 0 aliphatic carbocycles. The molecule has 0 aromatic heterocycles. The van der Waals surface area contributed by atoms with E-state index in [1.165, 1.54) is 12.1 Å². The summed E-state index contributed by atoms with van der Waals surface area (Å²) in [6, 6.07) is 2.92. The zero-order chi connectivity index (χ0) is 11.7. The molecule has 2 unspecified atom stereocenters. The molecule has 2 atom stereocenters. The van der Waals surface area contributed by atoms with Gasteiger partial charge in [0, 0.05) is 6.61 Å². The first-order valence-electron chi connectivity index (χ1n) is 5.66. The first-order chi connectivity index (χ1) is 7.59. The predicted octanol–water partition coefficient (Wildman–Crippen LogP) is 2.65. The summed E-state index contributed by atoms with van der Waals surface area (Å²) in [5, 5.41) is 10.2. The van der Waals surface area contributed by atoms with Gasteiger partial charge in [0.2, 0.25) is 0 Å². The lowest BCUT2D eigenvalue weighted by Gasteiger charge is -2.21. The van der Waals surface area contributed by atoms with Gasteiger partial charge in [0.25, 0.3) is 0 Å². The molecule has 1 aromatic carbocycles. The Balaban J connectivity index is 2.31. The van der Waals surface area contributed by atoms with Crippen LogP contribution < -0.4 is 0 Å². The third-order valence-electron chi connectivity index (χ3n) is 3.17. The molecule has 88 valence electrons. The van der Waals surface area contributed by atoms with Crippen molar-refractivity contribution in [1.82, 2.24) is 0 Å². The molecule has 16 heavy (non-hydrogen) atoms. The van der Waals surface area contributed by atoms with E-state index in [0.717, 1.165) is 29.5 Å². The molecule has 0 radical (unpaired) electrons. The highest BCUT2D eigenvalue weighted by atomic mass is 19.1. The summed E-state index contributed by atoms with van der Waals surface area (Å²) in [7, 11) is 0. The van der Waals surface area contributed by atoms with Crippen LogP contribution in [0.5, 0.6) is 0 Å². The van der Waals surface area contributed by atoms with Crippen LogP contribution in [0.25, 0.3) is 0 Å². The Morgan fingerprint density at radius 2 is 2.00 bits per heavy atom. The summed E-state index contributed by atoms with van der Waals surface area (Å²) in [6.45, 7) is 4.36. The van der Waals surface area contributed by atoms with Gasteiger partial charge in [-0.1, -0.05) is 0 Å². The monoisotopic (exact) mass is 224 g/mol. The molecule has 0 amide bonds. The molecule has 0 spiro atoms. The van der Waals surface area contributed by atoms with Gasteiger partial charge in [0.05, 0.1) is 6.10 Å². The van der Waals surface area contributed by atoms with Crippen LogP contribution in [0.4, 0.5) is 4.39 Å². The van der Waals surface area contributed by atoms with Gasteiger partial charge in [0.1, 0.15) is 11.9 Å². The van der Waals surface area contributed by atoms with Crippen molar-refractivity contribution in [3.63, 3.8) is 0 Å². The lowest BCUT2D eigenvalue weighted by atomic mass is 9.93. The Kier molecular flexibility index (Phi) is 3.26. The highest BCUT2D eigenvalue weighted by molar-refractivity contribution is 5.36. The van der Waals surface area contributed by atoms with E-state index in [2.05, 4.69) is 0 Å². The molecule has 1 aliphatic heterocycles. The zero-order valence-corrected chi connectivity index (χ0v) is 9.66. The molecule has 1 N–H and O–H groups in total. The molecule has 1 heterocycles. The quantitative estimate of drug-likeness (QED) is 0.836. The van der Waals surface area contributed by atoms with Gasteiger partial charge >= 0.3 is 0 Å². The summed E-state index contributed by atoms with van der Waals surface area (Å²) in [6.07, 6.45) is 1.09. The van der Waals surface area contributed by atoms with Crippen LogP contribution in [0.3, 0.4) is 0 Å². The second kappa shape index (κ2) is 4.52. The van der Waals surface area contributed by atoms with Crippen molar-refractivity contribution in [2.45, 2.75) is 38.9 Å². The molecular formula is C13H17FO2. The average Bonchev–Trinajstić information content (AvgIpc) is 2.67. The minimum atomic E-state index is -0.636. The van der Waals surface area contributed by atoms with Gasteiger partial charge in [-0.15, -0.1) is 0 Å². The summed E-state index contributed by atoms with van der Waals surface area (Å²) in [5.74, 6) is -0.252. The van der Waals surface area contributed by atoms with Gasteiger partial charge in [-0.05, 0) is 55.5 Å². The van der Waals surface area contributed by atoms with Crippen LogP contribution in [0.15, 0.2) is 12.1 Å². The van der Waals surface area contributed by atoms with E-state index in [1.54, 1.807) is 0 Å². The number of hydrogen-bond acceptors (Lipinski definition) is 2. The van der Waals surface area contributed by atoms with Gasteiger partial charge in [-0.25, -0.2) is 4.39 Å². The third kappa shape index (κ3) is 2.11. The van der Waals surface area contributed by atoms with Crippen molar-refractivity contribution in [2.24, 2.45) is 0 Å². The molecule has 0 saturated carbocycles. The molecule has 1 saturated heterocycles. The fraction of sp³-hybridized carbons (Fsp3) is 0.538. The van der Waals surface area contributed by atoms with Gasteiger partial charge in [0.15, 0.2) is 0 Å². The molecular weight excluding hydrogens is 207 g/mol. The van der Waals surface area contributed by atoms with Crippen LogP contribution in [-0.2, 0) is 4.74 Å². The van der Waals surface area contributed by atoms with E-state index in [0.29, 0.717) is 6.61 Å². The van der Waals surface area contributed by atoms with E-state index in [9.17, 15) is 9.50 Å². The Morgan fingerprint density at radius 1 is 1.38 bits per heavy atom. The lowest BCUT2D eigenvalue weighted by Crippen LogP contribution is -2.19. The predicted molar refractivity (Wildman–Crippen MR) is 59.8 cm³/mol. The van der Waals surface area contributed by atoms with Gasteiger partial charge < -0.3 is 9.84 Å². The summed E-state index contributed by atoms with van der Waals surface area (Å²) >= 11 is 0. The number of rotatable bonds is 2. The first kappa shape index (κ1) is 11.6. The first-order valence-corrected chi connectivity index (χ1v) is 5.66. The van der Waals surface area contributed by atoms with Crippen molar-refractivity contribution < 1.29 is 14.2 Å². The molecule has 2 rings (SSSR count). The molecule has 0 bridgehead atoms. The maximum atomic E-state index is 13.1. The molecule has 1 aromatic rings. The van der Waals surface area contributed by atoms with E-state index < -0.39 is 6.10 Å². The fourth-order valence-corrected chi connectivity index (χ4v) is 2.43. The Hall–Kier alpha value is -0.930. The topological polar surface area (TPSA) is 29.5 Å². The summed E-state index contributed by atoms with van der Waals surface area (Å²) < 4.78 is 18.6. The number of aryl methyl sites for hydroxylation is 2. The molecule has 1 fully saturated rings. The van der Waals surface area contributed by atoms with Crippen molar-refractivity contribution in [2.75, 3.05) is 6.61 Å². The van der Waals surface area contributed by atoms with E-state index in [-0.39, 0.29) is 11.9 Å². The van der Waals surface area contributed by atoms with Crippen molar-refractivity contribution in [3.05, 3.63) is 34.6 Å². The average molecular weight is 224 g/mol. The second-order valence-corrected chi connectivity index (χ2v) is 4.45. The normalized spacial score (nSPS) is 22.4. The number of benzene rings is 1. The number of aliphatic hydroxyl groups excluding tert-OH is 1. The Labute approximate surface area is 95.1 Å². The minimum Gasteiger partial charge on any atom is -0.386 e. The SMILES string of the molecule is Cc1cc(F)cc(C)c1C(O)C1CCCO1. The van der Waals surface area contributed by atoms with E-state index in [4.69, 9.17) is 4.74 Å².